The van der Waals surface area contributed by atoms with Crippen LogP contribution in [0.1, 0.15) is 6.42 Å². The highest BCUT2D eigenvalue weighted by Crippen LogP contribution is 2.22. The van der Waals surface area contributed by atoms with Crippen molar-refractivity contribution in [3.05, 3.63) is 54.7 Å². The van der Waals surface area contributed by atoms with Crippen LogP contribution in [0.2, 0.25) is 0 Å². The number of para-hydroxylation sites is 1. The van der Waals surface area contributed by atoms with Gasteiger partial charge in [0.2, 0.25) is 11.9 Å². The second kappa shape index (κ2) is 7.92. The number of rotatable bonds is 4. The van der Waals surface area contributed by atoms with E-state index in [0.717, 1.165) is 35.4 Å². The molecule has 0 radical (unpaired) electrons. The van der Waals surface area contributed by atoms with Gasteiger partial charge >= 0.3 is 0 Å². The van der Waals surface area contributed by atoms with Crippen molar-refractivity contribution in [2.45, 2.75) is 6.42 Å². The van der Waals surface area contributed by atoms with Gasteiger partial charge in [-0.15, -0.1) is 0 Å². The molecule has 0 aliphatic carbocycles. The minimum atomic E-state index is -0.0860. The molecule has 0 atom stereocenters. The van der Waals surface area contributed by atoms with Crippen molar-refractivity contribution in [2.75, 3.05) is 36.4 Å². The van der Waals surface area contributed by atoms with Crippen molar-refractivity contribution in [3.63, 3.8) is 0 Å². The largest absolute Gasteiger partial charge is 0.368 e. The number of carbonyl (C=O) groups is 1. The molecular formula is C21H20N6O. The molecule has 2 aromatic carbocycles. The number of fused-ring (bicyclic) bond motifs is 1. The van der Waals surface area contributed by atoms with E-state index in [9.17, 15) is 4.79 Å². The Kier molecular flexibility index (Phi) is 5.02. The van der Waals surface area contributed by atoms with E-state index >= 15 is 0 Å². The Hall–Kier alpha value is -3.66. The van der Waals surface area contributed by atoms with Gasteiger partial charge in [-0.3, -0.25) is 4.79 Å². The number of benzene rings is 2. The number of amides is 1. The molecule has 140 valence electrons. The van der Waals surface area contributed by atoms with Crippen LogP contribution < -0.4 is 10.2 Å². The summed E-state index contributed by atoms with van der Waals surface area (Å²) in [6.45, 7) is 2.81. The van der Waals surface area contributed by atoms with Crippen molar-refractivity contribution < 1.29 is 4.79 Å². The first-order chi connectivity index (χ1) is 13.7. The van der Waals surface area contributed by atoms with E-state index < -0.39 is 0 Å². The molecule has 1 fully saturated rings. The van der Waals surface area contributed by atoms with E-state index in [1.54, 1.807) is 4.90 Å². The van der Waals surface area contributed by atoms with Gasteiger partial charge in [0.25, 0.3) is 0 Å². The van der Waals surface area contributed by atoms with Gasteiger partial charge in [-0.05, 0) is 30.3 Å². The quantitative estimate of drug-likeness (QED) is 0.758. The van der Waals surface area contributed by atoms with E-state index in [1.165, 1.54) is 0 Å². The molecule has 1 aliphatic heterocycles. The molecule has 7 heteroatoms. The molecule has 0 unspecified atom stereocenters. The average Bonchev–Trinajstić information content (AvgIpc) is 2.74. The maximum absolute atomic E-state index is 11.8. The van der Waals surface area contributed by atoms with Gasteiger partial charge in [0.05, 0.1) is 11.6 Å². The summed E-state index contributed by atoms with van der Waals surface area (Å²) in [6, 6.07) is 17.9. The third-order valence-electron chi connectivity index (χ3n) is 4.84. The average molecular weight is 372 g/mol. The molecule has 1 aromatic heterocycles. The first-order valence-corrected chi connectivity index (χ1v) is 9.21. The zero-order valence-electron chi connectivity index (χ0n) is 15.4. The van der Waals surface area contributed by atoms with E-state index in [1.807, 2.05) is 48.7 Å². The molecule has 0 saturated carbocycles. The van der Waals surface area contributed by atoms with Crippen LogP contribution in [0.3, 0.4) is 0 Å². The lowest BCUT2D eigenvalue weighted by molar-refractivity contribution is -0.130. The predicted octanol–water partition coefficient (Wildman–Crippen LogP) is 2.94. The van der Waals surface area contributed by atoms with Gasteiger partial charge in [0.15, 0.2) is 0 Å². The van der Waals surface area contributed by atoms with Gasteiger partial charge in [0.1, 0.15) is 6.42 Å². The number of hydrogen-bond donors (Lipinski definition) is 1. The minimum Gasteiger partial charge on any atom is -0.368 e. The normalized spacial score (nSPS) is 14.0. The number of anilines is 3. The van der Waals surface area contributed by atoms with Gasteiger partial charge in [-0.2, -0.15) is 5.26 Å². The second-order valence-corrected chi connectivity index (χ2v) is 6.63. The molecule has 7 nitrogen and oxygen atoms in total. The Morgan fingerprint density at radius 3 is 2.57 bits per heavy atom. The first kappa shape index (κ1) is 17.7. The molecular weight excluding hydrogens is 352 g/mol. The van der Waals surface area contributed by atoms with Gasteiger partial charge in [0, 0.05) is 49.1 Å². The van der Waals surface area contributed by atoms with Crippen LogP contribution >= 0.6 is 0 Å². The molecule has 4 rings (SSSR count). The molecule has 0 bridgehead atoms. The van der Waals surface area contributed by atoms with Crippen molar-refractivity contribution in [2.24, 2.45) is 0 Å². The summed E-state index contributed by atoms with van der Waals surface area (Å²) in [7, 11) is 0. The Morgan fingerprint density at radius 1 is 1.07 bits per heavy atom. The molecule has 28 heavy (non-hydrogen) atoms. The molecule has 3 aromatic rings. The Morgan fingerprint density at radius 2 is 1.82 bits per heavy atom. The van der Waals surface area contributed by atoms with Crippen LogP contribution in [0.5, 0.6) is 0 Å². The molecule has 2 heterocycles. The predicted molar refractivity (Wildman–Crippen MR) is 108 cm³/mol. The van der Waals surface area contributed by atoms with Crippen LogP contribution in [0, 0.1) is 11.3 Å². The highest BCUT2D eigenvalue weighted by atomic mass is 16.2. The summed E-state index contributed by atoms with van der Waals surface area (Å²) in [5.41, 5.74) is 2.93. The maximum atomic E-state index is 11.8. The van der Waals surface area contributed by atoms with Gasteiger partial charge in [-0.25, -0.2) is 9.97 Å². The number of aromatic nitrogens is 2. The lowest BCUT2D eigenvalue weighted by Crippen LogP contribution is -2.48. The molecule has 1 N–H and O–H groups in total. The Labute approximate surface area is 163 Å². The van der Waals surface area contributed by atoms with Crippen molar-refractivity contribution >= 4 is 34.1 Å². The Bertz CT molecular complexity index is 1020. The number of nitrogens with one attached hydrogen (secondary N) is 1. The smallest absolute Gasteiger partial charge is 0.236 e. The zero-order chi connectivity index (χ0) is 19.3. The van der Waals surface area contributed by atoms with E-state index in [4.69, 9.17) is 5.26 Å². The molecule has 1 saturated heterocycles. The Balaban J connectivity index is 1.39. The summed E-state index contributed by atoms with van der Waals surface area (Å²) in [6.07, 6.45) is 1.77. The SMILES string of the molecule is N#CCC(=O)N1CCN(c2ccc(Nc3ncc4ccccc4n3)cc2)CC1. The summed E-state index contributed by atoms with van der Waals surface area (Å²) in [4.78, 5) is 24.7. The highest BCUT2D eigenvalue weighted by molar-refractivity contribution is 5.79. The van der Waals surface area contributed by atoms with Crippen molar-refractivity contribution in [1.82, 2.24) is 14.9 Å². The van der Waals surface area contributed by atoms with Crippen LogP contribution in [0.4, 0.5) is 17.3 Å². The zero-order valence-corrected chi connectivity index (χ0v) is 15.4. The third kappa shape index (κ3) is 3.86. The van der Waals surface area contributed by atoms with E-state index in [2.05, 4.69) is 32.3 Å². The molecule has 1 aliphatic rings. The number of nitrogens with zero attached hydrogens (tertiary/aromatic N) is 5. The van der Waals surface area contributed by atoms with E-state index in [0.29, 0.717) is 19.0 Å². The van der Waals surface area contributed by atoms with Gasteiger partial charge < -0.3 is 15.1 Å². The summed E-state index contributed by atoms with van der Waals surface area (Å²) >= 11 is 0. The number of hydrogen-bond acceptors (Lipinski definition) is 6. The first-order valence-electron chi connectivity index (χ1n) is 9.21. The van der Waals surface area contributed by atoms with E-state index in [-0.39, 0.29) is 12.3 Å². The fraction of sp³-hybridized carbons (Fsp3) is 0.238. The summed E-state index contributed by atoms with van der Waals surface area (Å²) < 4.78 is 0. The lowest BCUT2D eigenvalue weighted by atomic mass is 10.2. The monoisotopic (exact) mass is 372 g/mol. The maximum Gasteiger partial charge on any atom is 0.236 e. The number of carbonyl (C=O) groups excluding carboxylic acids is 1. The standard InChI is InChI=1S/C21H20N6O/c22-10-9-20(28)27-13-11-26(12-14-27)18-7-5-17(6-8-18)24-21-23-15-16-3-1-2-4-19(16)25-21/h1-8,15H,9,11-14H2,(H,23,24,25). The number of piperazine rings is 1. The van der Waals surface area contributed by atoms with Gasteiger partial charge in [-0.1, -0.05) is 18.2 Å². The molecule has 0 spiro atoms. The van der Waals surface area contributed by atoms with Crippen molar-refractivity contribution in [3.8, 4) is 6.07 Å². The second-order valence-electron chi connectivity index (χ2n) is 6.63. The van der Waals surface area contributed by atoms with Crippen LogP contribution in [0.15, 0.2) is 54.7 Å². The topological polar surface area (TPSA) is 85.2 Å². The fourth-order valence-corrected chi connectivity index (χ4v) is 3.31. The summed E-state index contributed by atoms with van der Waals surface area (Å²) in [5.74, 6) is 0.480. The molecule has 1 amide bonds. The van der Waals surface area contributed by atoms with Crippen LogP contribution in [-0.2, 0) is 4.79 Å². The summed E-state index contributed by atoms with van der Waals surface area (Å²) in [5, 5.41) is 12.9. The van der Waals surface area contributed by atoms with Crippen LogP contribution in [-0.4, -0.2) is 47.0 Å². The number of nitriles is 1. The van der Waals surface area contributed by atoms with Crippen LogP contribution in [0.25, 0.3) is 10.9 Å². The highest BCUT2D eigenvalue weighted by Gasteiger charge is 2.20. The lowest BCUT2D eigenvalue weighted by Gasteiger charge is -2.35. The van der Waals surface area contributed by atoms with Crippen molar-refractivity contribution in [1.29, 1.82) is 5.26 Å². The fourth-order valence-electron chi connectivity index (χ4n) is 3.31. The third-order valence-corrected chi connectivity index (χ3v) is 4.84. The minimum absolute atomic E-state index is 0.0444.